The van der Waals surface area contributed by atoms with Crippen molar-refractivity contribution >= 4 is 42.7 Å². The molecule has 0 spiro atoms. The van der Waals surface area contributed by atoms with Gasteiger partial charge in [0.1, 0.15) is 0 Å². The van der Waals surface area contributed by atoms with Gasteiger partial charge in [0, 0.05) is 31.0 Å². The topological polar surface area (TPSA) is 0 Å². The summed E-state index contributed by atoms with van der Waals surface area (Å²) < 4.78 is 2.79. The lowest BCUT2D eigenvalue weighted by Crippen LogP contribution is -2.15. The monoisotopic (exact) mass is 690 g/mol. The summed E-state index contributed by atoms with van der Waals surface area (Å²) in [6, 6.07) is 45.1. The van der Waals surface area contributed by atoms with E-state index in [9.17, 15) is 0 Å². The molecule has 3 aliphatic rings. The highest BCUT2D eigenvalue weighted by molar-refractivity contribution is 7.25. The fourth-order valence-corrected chi connectivity index (χ4v) is 10.5. The molecule has 0 aliphatic heterocycles. The summed E-state index contributed by atoms with van der Waals surface area (Å²) in [6.07, 6.45) is 4.70. The average Bonchev–Trinajstić information content (AvgIpc) is 3.72. The van der Waals surface area contributed by atoms with Gasteiger partial charge in [0.25, 0.3) is 0 Å². The Morgan fingerprint density at radius 1 is 0.519 bits per heavy atom. The van der Waals surface area contributed by atoms with Crippen LogP contribution in [0.1, 0.15) is 92.0 Å². The van der Waals surface area contributed by atoms with Crippen LogP contribution in [-0.2, 0) is 10.8 Å². The van der Waals surface area contributed by atoms with E-state index in [-0.39, 0.29) is 10.8 Å². The van der Waals surface area contributed by atoms with Crippen molar-refractivity contribution < 1.29 is 0 Å². The van der Waals surface area contributed by atoms with Crippen LogP contribution in [-0.4, -0.2) is 0 Å². The van der Waals surface area contributed by atoms with E-state index in [1.807, 2.05) is 11.3 Å². The van der Waals surface area contributed by atoms with Crippen LogP contribution in [0.4, 0.5) is 0 Å². The Bertz CT molecular complexity index is 2650. The number of rotatable bonds is 2. The molecule has 3 aliphatic carbocycles. The van der Waals surface area contributed by atoms with Crippen molar-refractivity contribution in [1.82, 2.24) is 0 Å². The Morgan fingerprint density at radius 3 is 2.00 bits per heavy atom. The maximum Gasteiger partial charge on any atom is 0.0358 e. The molecule has 0 atom stereocenters. The van der Waals surface area contributed by atoms with Gasteiger partial charge >= 0.3 is 0 Å². The first-order valence-electron chi connectivity index (χ1n) is 18.8. The van der Waals surface area contributed by atoms with Crippen molar-refractivity contribution in [3.05, 3.63) is 177 Å². The van der Waals surface area contributed by atoms with Crippen molar-refractivity contribution in [1.29, 1.82) is 0 Å². The third-order valence-electron chi connectivity index (χ3n) is 12.2. The second-order valence-electron chi connectivity index (χ2n) is 16.2. The van der Waals surface area contributed by atoms with Gasteiger partial charge in [0.05, 0.1) is 0 Å². The van der Waals surface area contributed by atoms with Gasteiger partial charge in [0.15, 0.2) is 0 Å². The predicted molar refractivity (Wildman–Crippen MR) is 227 cm³/mol. The van der Waals surface area contributed by atoms with E-state index >= 15 is 0 Å². The number of thiophene rings is 1. The molecule has 0 saturated heterocycles. The SMILES string of the molecule is CC1=C(c2ccccc2C)C=C(c2ccc3c(c2)C(C)(C)c2ccccc2-3)CC1.Cc1ccc2c(c1)C(C)(C)c1c-2ccc2sc3ccccc3c12. The van der Waals surface area contributed by atoms with Crippen molar-refractivity contribution in [3.8, 4) is 22.3 Å². The Hall–Kier alpha value is -4.98. The number of hydrogen-bond donors (Lipinski definition) is 0. The van der Waals surface area contributed by atoms with Crippen LogP contribution in [0, 0.1) is 13.8 Å². The van der Waals surface area contributed by atoms with Crippen molar-refractivity contribution in [3.63, 3.8) is 0 Å². The molecule has 1 aromatic heterocycles. The minimum absolute atomic E-state index is 0.0556. The van der Waals surface area contributed by atoms with E-state index in [0.717, 1.165) is 12.8 Å². The van der Waals surface area contributed by atoms with Gasteiger partial charge in [-0.3, -0.25) is 0 Å². The van der Waals surface area contributed by atoms with Crippen LogP contribution in [0.3, 0.4) is 0 Å². The molecule has 0 unspecified atom stereocenters. The van der Waals surface area contributed by atoms with E-state index in [1.54, 1.807) is 0 Å². The van der Waals surface area contributed by atoms with Crippen molar-refractivity contribution in [2.75, 3.05) is 0 Å². The molecule has 0 N–H and O–H groups in total. The molecule has 1 heterocycles. The zero-order valence-corrected chi connectivity index (χ0v) is 32.3. The lowest BCUT2D eigenvalue weighted by Gasteiger charge is -2.24. The lowest BCUT2D eigenvalue weighted by molar-refractivity contribution is 0.660. The highest BCUT2D eigenvalue weighted by atomic mass is 32.1. The molecular weight excluding hydrogens is 645 g/mol. The van der Waals surface area contributed by atoms with Gasteiger partial charge in [0.2, 0.25) is 0 Å². The van der Waals surface area contributed by atoms with Crippen LogP contribution in [0.2, 0.25) is 0 Å². The third kappa shape index (κ3) is 5.01. The maximum absolute atomic E-state index is 2.46. The lowest BCUT2D eigenvalue weighted by atomic mass is 9.80. The zero-order chi connectivity index (χ0) is 35.9. The molecule has 0 radical (unpaired) electrons. The molecule has 1 heteroatoms. The predicted octanol–water partition coefficient (Wildman–Crippen LogP) is 14.6. The number of benzene rings is 6. The molecule has 0 bridgehead atoms. The van der Waals surface area contributed by atoms with E-state index in [0.29, 0.717) is 0 Å². The Balaban J connectivity index is 0.000000142. The summed E-state index contributed by atoms with van der Waals surface area (Å²) in [4.78, 5) is 0. The fourth-order valence-electron chi connectivity index (χ4n) is 9.38. The number of hydrogen-bond acceptors (Lipinski definition) is 1. The van der Waals surface area contributed by atoms with Crippen LogP contribution < -0.4 is 0 Å². The molecule has 0 saturated carbocycles. The Morgan fingerprint density at radius 2 is 1.17 bits per heavy atom. The molecule has 10 rings (SSSR count). The van der Waals surface area contributed by atoms with Crippen LogP contribution in [0.25, 0.3) is 53.6 Å². The molecule has 7 aromatic rings. The Kier molecular flexibility index (Phi) is 7.62. The number of fused-ring (bicyclic) bond motifs is 10. The van der Waals surface area contributed by atoms with Gasteiger partial charge in [-0.25, -0.2) is 0 Å². The second kappa shape index (κ2) is 12.0. The minimum atomic E-state index is 0.0556. The molecule has 256 valence electrons. The number of allylic oxidation sites excluding steroid dienone is 4. The fraction of sp³-hybridized carbons (Fsp3) is 0.216. The van der Waals surface area contributed by atoms with Gasteiger partial charge in [-0.2, -0.15) is 0 Å². The summed E-state index contributed by atoms with van der Waals surface area (Å²) in [5, 5.41) is 2.86. The third-order valence-corrected chi connectivity index (χ3v) is 13.4. The normalized spacial score (nSPS) is 16.2. The largest absolute Gasteiger partial charge is 0.135 e. The van der Waals surface area contributed by atoms with Crippen molar-refractivity contribution in [2.45, 2.75) is 72.1 Å². The van der Waals surface area contributed by atoms with E-state index in [2.05, 4.69) is 176 Å². The molecule has 0 fully saturated rings. The first-order chi connectivity index (χ1) is 25.0. The quantitative estimate of drug-likeness (QED) is 0.169. The zero-order valence-electron chi connectivity index (χ0n) is 31.4. The summed E-state index contributed by atoms with van der Waals surface area (Å²) in [5.74, 6) is 0. The van der Waals surface area contributed by atoms with Gasteiger partial charge in [-0.15, -0.1) is 11.3 Å². The summed E-state index contributed by atoms with van der Waals surface area (Å²) >= 11 is 1.91. The first kappa shape index (κ1) is 32.9. The molecule has 0 nitrogen and oxygen atoms in total. The first-order valence-corrected chi connectivity index (χ1v) is 19.6. The minimum Gasteiger partial charge on any atom is -0.135 e. The van der Waals surface area contributed by atoms with Gasteiger partial charge in [-0.05, 0) is 124 Å². The average molecular weight is 691 g/mol. The maximum atomic E-state index is 2.46. The number of aryl methyl sites for hydroxylation is 2. The molecular formula is C51H46S. The summed E-state index contributed by atoms with van der Waals surface area (Å²) in [5.41, 5.74) is 21.4. The van der Waals surface area contributed by atoms with Crippen LogP contribution >= 0.6 is 11.3 Å². The van der Waals surface area contributed by atoms with Crippen molar-refractivity contribution in [2.24, 2.45) is 0 Å². The Labute approximate surface area is 313 Å². The van der Waals surface area contributed by atoms with E-state index in [4.69, 9.17) is 0 Å². The van der Waals surface area contributed by atoms with Gasteiger partial charge in [-0.1, -0.05) is 148 Å². The molecule has 0 amide bonds. The summed E-state index contributed by atoms with van der Waals surface area (Å²) in [7, 11) is 0. The van der Waals surface area contributed by atoms with Crippen LogP contribution in [0.15, 0.2) is 133 Å². The summed E-state index contributed by atoms with van der Waals surface area (Å²) in [6.45, 7) is 16.2. The van der Waals surface area contributed by atoms with Gasteiger partial charge < -0.3 is 0 Å². The second-order valence-corrected chi connectivity index (χ2v) is 17.3. The highest BCUT2D eigenvalue weighted by Gasteiger charge is 2.38. The smallest absolute Gasteiger partial charge is 0.0358 e. The standard InChI is InChI=1S/C29H28.C22H18S/c1-19-9-5-6-10-23(19)26-17-21(14-13-20(26)2)22-15-16-25-24-11-7-8-12-27(24)29(3,4)28(25)18-22;1-13-8-9-14-15-10-11-19-20(16-6-4-5-7-18(16)23-19)21(15)22(2,3)17(14)12-13/h5-12,15-18H,13-14H2,1-4H3;4-12H,1-3H3. The highest BCUT2D eigenvalue weighted by Crippen LogP contribution is 2.54. The van der Waals surface area contributed by atoms with E-state index < -0.39 is 0 Å². The molecule has 6 aromatic carbocycles. The van der Waals surface area contributed by atoms with Crippen LogP contribution in [0.5, 0.6) is 0 Å². The van der Waals surface area contributed by atoms with E-state index in [1.165, 1.54) is 104 Å². The molecule has 52 heavy (non-hydrogen) atoms.